The molecule has 2 heterocycles. The lowest BCUT2D eigenvalue weighted by molar-refractivity contribution is 0.572. The zero-order valence-corrected chi connectivity index (χ0v) is 9.36. The van der Waals surface area contributed by atoms with Crippen LogP contribution in [0.1, 0.15) is 28.1 Å². The molecule has 0 fully saturated rings. The lowest BCUT2D eigenvalue weighted by Crippen LogP contribution is -1.91. The van der Waals surface area contributed by atoms with E-state index in [1.54, 1.807) is 0 Å². The molecule has 0 atom stereocenters. The van der Waals surface area contributed by atoms with Gasteiger partial charge in [-0.2, -0.15) is 0 Å². The summed E-state index contributed by atoms with van der Waals surface area (Å²) in [6, 6.07) is 0. The van der Waals surface area contributed by atoms with E-state index in [4.69, 9.17) is 4.42 Å². The van der Waals surface area contributed by atoms with E-state index in [1.165, 1.54) is 11.1 Å². The number of nitrogens with zero attached hydrogens (tertiary/aromatic N) is 1. The molecule has 74 valence electrons. The summed E-state index contributed by atoms with van der Waals surface area (Å²) in [7, 11) is 0. The second-order valence-electron chi connectivity index (χ2n) is 3.91. The molecule has 2 nitrogen and oxygen atoms in total. The molecule has 0 radical (unpaired) electrons. The van der Waals surface area contributed by atoms with E-state index in [9.17, 15) is 0 Å². The van der Waals surface area contributed by atoms with E-state index in [0.29, 0.717) is 0 Å². The summed E-state index contributed by atoms with van der Waals surface area (Å²) < 4.78 is 5.70. The van der Waals surface area contributed by atoms with Gasteiger partial charge in [-0.25, -0.2) is 4.98 Å². The van der Waals surface area contributed by atoms with Crippen LogP contribution < -0.4 is 0 Å². The summed E-state index contributed by atoms with van der Waals surface area (Å²) in [5.74, 6) is 0.973. The van der Waals surface area contributed by atoms with Crippen LogP contribution in [0, 0.1) is 34.6 Å². The molecule has 0 saturated heterocycles. The molecule has 0 aromatic carbocycles. The molecular formula is C12H15NO. The van der Waals surface area contributed by atoms with E-state index >= 15 is 0 Å². The highest BCUT2D eigenvalue weighted by atomic mass is 16.3. The normalized spacial score (nSPS) is 11.2. The smallest absolute Gasteiger partial charge is 0.156 e. The summed E-state index contributed by atoms with van der Waals surface area (Å²) in [6.45, 7) is 10.3. The first-order valence-corrected chi connectivity index (χ1v) is 4.86. The van der Waals surface area contributed by atoms with Gasteiger partial charge in [0.25, 0.3) is 0 Å². The molecule has 0 spiro atoms. The van der Waals surface area contributed by atoms with E-state index in [2.05, 4.69) is 25.8 Å². The van der Waals surface area contributed by atoms with Crippen molar-refractivity contribution in [1.82, 2.24) is 4.98 Å². The molecular weight excluding hydrogens is 174 g/mol. The van der Waals surface area contributed by atoms with Gasteiger partial charge >= 0.3 is 0 Å². The van der Waals surface area contributed by atoms with E-state index in [-0.39, 0.29) is 0 Å². The van der Waals surface area contributed by atoms with E-state index in [1.807, 2.05) is 13.8 Å². The Balaban J connectivity index is 2.98. The first-order valence-electron chi connectivity index (χ1n) is 4.86. The van der Waals surface area contributed by atoms with Gasteiger partial charge in [0.1, 0.15) is 11.3 Å². The molecule has 2 heteroatoms. The number of hydrogen-bond acceptors (Lipinski definition) is 2. The highest BCUT2D eigenvalue weighted by molar-refractivity contribution is 5.81. The van der Waals surface area contributed by atoms with Gasteiger partial charge in [0, 0.05) is 11.3 Å². The van der Waals surface area contributed by atoms with Gasteiger partial charge in [0.05, 0.1) is 0 Å². The van der Waals surface area contributed by atoms with Crippen LogP contribution in [0.15, 0.2) is 4.42 Å². The van der Waals surface area contributed by atoms with E-state index in [0.717, 1.165) is 28.1 Å². The fourth-order valence-electron chi connectivity index (χ4n) is 1.70. The molecule has 0 N–H and O–H groups in total. The zero-order chi connectivity index (χ0) is 10.5. The van der Waals surface area contributed by atoms with Gasteiger partial charge in [-0.15, -0.1) is 0 Å². The van der Waals surface area contributed by atoms with Gasteiger partial charge < -0.3 is 4.42 Å². The fourth-order valence-corrected chi connectivity index (χ4v) is 1.70. The lowest BCUT2D eigenvalue weighted by Gasteiger charge is -2.03. The van der Waals surface area contributed by atoms with Gasteiger partial charge in [-0.1, -0.05) is 0 Å². The number of aryl methyl sites for hydroxylation is 4. The van der Waals surface area contributed by atoms with Crippen molar-refractivity contribution in [3.05, 3.63) is 28.1 Å². The number of rotatable bonds is 0. The first kappa shape index (κ1) is 9.25. The van der Waals surface area contributed by atoms with Crippen molar-refractivity contribution >= 4 is 11.1 Å². The Bertz CT molecular complexity index is 509. The second-order valence-corrected chi connectivity index (χ2v) is 3.91. The van der Waals surface area contributed by atoms with E-state index < -0.39 is 0 Å². The number of aromatic nitrogens is 1. The summed E-state index contributed by atoms with van der Waals surface area (Å²) >= 11 is 0. The molecule has 0 unspecified atom stereocenters. The Morgan fingerprint density at radius 3 is 2.14 bits per heavy atom. The summed E-state index contributed by atoms with van der Waals surface area (Å²) in [5, 5.41) is 0. The second kappa shape index (κ2) is 2.84. The molecule has 2 aromatic rings. The standard InChI is InChI=1S/C12H15NO/c1-6-7(2)12-11(13-9(6)4)8(3)10(5)14-12/h1-5H3. The van der Waals surface area contributed by atoms with Crippen molar-refractivity contribution in [3.63, 3.8) is 0 Å². The Morgan fingerprint density at radius 1 is 0.857 bits per heavy atom. The van der Waals surface area contributed by atoms with Crippen molar-refractivity contribution < 1.29 is 4.42 Å². The Hall–Kier alpha value is -1.31. The van der Waals surface area contributed by atoms with Crippen molar-refractivity contribution in [2.24, 2.45) is 0 Å². The van der Waals surface area contributed by atoms with Crippen LogP contribution in [0.5, 0.6) is 0 Å². The predicted molar refractivity (Wildman–Crippen MR) is 57.7 cm³/mol. The van der Waals surface area contributed by atoms with Crippen LogP contribution in [0.3, 0.4) is 0 Å². The van der Waals surface area contributed by atoms with Gasteiger partial charge in [-0.05, 0) is 45.7 Å². The Morgan fingerprint density at radius 2 is 1.50 bits per heavy atom. The van der Waals surface area contributed by atoms with Crippen molar-refractivity contribution in [2.45, 2.75) is 34.6 Å². The minimum atomic E-state index is 0.947. The molecule has 2 aromatic heterocycles. The third kappa shape index (κ3) is 1.07. The van der Waals surface area contributed by atoms with Gasteiger partial charge in [-0.3, -0.25) is 0 Å². The molecule has 0 saturated carbocycles. The summed E-state index contributed by atoms with van der Waals surface area (Å²) in [4.78, 5) is 4.56. The first-order chi connectivity index (χ1) is 6.52. The van der Waals surface area contributed by atoms with Crippen molar-refractivity contribution in [2.75, 3.05) is 0 Å². The minimum Gasteiger partial charge on any atom is -0.459 e. The number of furan rings is 1. The average molecular weight is 189 g/mol. The SMILES string of the molecule is Cc1nc2c(C)c(C)oc2c(C)c1C. The number of hydrogen-bond donors (Lipinski definition) is 0. The molecule has 0 aliphatic heterocycles. The third-order valence-electron chi connectivity index (χ3n) is 3.08. The lowest BCUT2D eigenvalue weighted by atomic mass is 10.1. The average Bonchev–Trinajstić information content (AvgIpc) is 2.42. The molecule has 0 aliphatic carbocycles. The van der Waals surface area contributed by atoms with Crippen molar-refractivity contribution in [1.29, 1.82) is 0 Å². The molecule has 14 heavy (non-hydrogen) atoms. The van der Waals surface area contributed by atoms with Crippen LogP contribution in [-0.2, 0) is 0 Å². The van der Waals surface area contributed by atoms with Gasteiger partial charge in [0.2, 0.25) is 0 Å². The number of pyridine rings is 1. The largest absolute Gasteiger partial charge is 0.459 e. The number of fused-ring (bicyclic) bond motifs is 1. The zero-order valence-electron chi connectivity index (χ0n) is 9.36. The monoisotopic (exact) mass is 189 g/mol. The topological polar surface area (TPSA) is 26.0 Å². The maximum Gasteiger partial charge on any atom is 0.156 e. The van der Waals surface area contributed by atoms with Gasteiger partial charge in [0.15, 0.2) is 5.58 Å². The predicted octanol–water partition coefficient (Wildman–Crippen LogP) is 3.37. The van der Waals surface area contributed by atoms with Crippen LogP contribution in [0.25, 0.3) is 11.1 Å². The minimum absolute atomic E-state index is 0.947. The maximum atomic E-state index is 5.70. The van der Waals surface area contributed by atoms with Crippen LogP contribution in [0.4, 0.5) is 0 Å². The molecule has 0 aliphatic rings. The summed E-state index contributed by atoms with van der Waals surface area (Å²) in [6.07, 6.45) is 0. The summed E-state index contributed by atoms with van der Waals surface area (Å²) in [5.41, 5.74) is 6.66. The molecule has 0 amide bonds. The quantitative estimate of drug-likeness (QED) is 0.635. The van der Waals surface area contributed by atoms with Crippen molar-refractivity contribution in [3.8, 4) is 0 Å². The molecule has 0 bridgehead atoms. The van der Waals surface area contributed by atoms with Crippen LogP contribution in [0.2, 0.25) is 0 Å². The molecule has 2 rings (SSSR count). The highest BCUT2D eigenvalue weighted by Gasteiger charge is 2.13. The fraction of sp³-hybridized carbons (Fsp3) is 0.417. The maximum absolute atomic E-state index is 5.70. The Labute approximate surface area is 84.0 Å². The van der Waals surface area contributed by atoms with Crippen LogP contribution in [-0.4, -0.2) is 4.98 Å². The van der Waals surface area contributed by atoms with Crippen LogP contribution >= 0.6 is 0 Å². The Kier molecular flexibility index (Phi) is 1.88. The highest BCUT2D eigenvalue weighted by Crippen LogP contribution is 2.28. The third-order valence-corrected chi connectivity index (χ3v) is 3.08.